The van der Waals surface area contributed by atoms with Gasteiger partial charge in [0.25, 0.3) is 0 Å². The van der Waals surface area contributed by atoms with Gasteiger partial charge < -0.3 is 29.3 Å². The average Bonchev–Trinajstić information content (AvgIpc) is 3.79. The average molecular weight is 804 g/mol. The van der Waals surface area contributed by atoms with Gasteiger partial charge in [-0.05, 0) is 95.1 Å². The Morgan fingerprint density at radius 2 is 1.80 bits per heavy atom. The molecule has 0 unspecified atom stereocenters. The zero-order valence-electron chi connectivity index (χ0n) is 33.1. The molecule has 0 saturated heterocycles. The van der Waals surface area contributed by atoms with Gasteiger partial charge in [0.2, 0.25) is 0 Å². The van der Waals surface area contributed by atoms with E-state index in [1.165, 1.54) is 24.5 Å². The molecule has 3 aromatic heterocycles. The lowest BCUT2D eigenvalue weighted by Gasteiger charge is -2.29. The van der Waals surface area contributed by atoms with E-state index in [0.717, 1.165) is 69.0 Å². The van der Waals surface area contributed by atoms with Crippen LogP contribution in [0.5, 0.6) is 5.75 Å². The molecule has 0 fully saturated rings. The lowest BCUT2D eigenvalue weighted by Crippen LogP contribution is -2.41. The second-order valence-corrected chi connectivity index (χ2v) is 16.5. The first kappa shape index (κ1) is 42.4. The monoisotopic (exact) mass is 803 g/mol. The summed E-state index contributed by atoms with van der Waals surface area (Å²) in [5.74, 6) is 6.34. The number of aliphatic hydroxyl groups excluding tert-OH is 1. The molecule has 3 heterocycles. The maximum absolute atomic E-state index is 14.8. The van der Waals surface area contributed by atoms with E-state index in [2.05, 4.69) is 46.4 Å². The Hall–Kier alpha value is -4.72. The fraction of sp³-hybridized carbons (Fsp3) is 0.439. The summed E-state index contributed by atoms with van der Waals surface area (Å²) >= 11 is 2.96. The fourth-order valence-corrected chi connectivity index (χ4v) is 7.94. The standard InChI is InChI=1S/C41H52FN8O4S2/c1-29-27-36(46-47-38(29)45-40-43-32-16-8-9-17-34(32)55-40)49(22-10-7-11-23-50(4,5)24-14-25-51)41-44-37(39(52)53-6)35(56-41)18-13-26-54-33-20-19-30(28-31(33)42)15-12-21-48(2)3/h8-9,16-17,19-20,27-28,51H,7,10-11,13-14,18,21-26H2,1-6H3,(H,43,45,47)/q+1. The van der Waals surface area contributed by atoms with Crippen LogP contribution in [0, 0.1) is 24.6 Å². The third-order valence-corrected chi connectivity index (χ3v) is 11.1. The Morgan fingerprint density at radius 3 is 2.54 bits per heavy atom. The van der Waals surface area contributed by atoms with Crippen LogP contribution in [0.4, 0.5) is 26.3 Å². The first-order valence-electron chi connectivity index (χ1n) is 18.8. The molecule has 0 aliphatic carbocycles. The second-order valence-electron chi connectivity index (χ2n) is 14.4. The van der Waals surface area contributed by atoms with Crippen LogP contribution in [-0.2, 0) is 11.2 Å². The summed E-state index contributed by atoms with van der Waals surface area (Å²) in [7, 11) is 9.58. The van der Waals surface area contributed by atoms with Gasteiger partial charge in [-0.15, -0.1) is 21.5 Å². The second kappa shape index (κ2) is 20.4. The van der Waals surface area contributed by atoms with Crippen molar-refractivity contribution >= 4 is 60.8 Å². The van der Waals surface area contributed by atoms with Crippen molar-refractivity contribution in [3.63, 3.8) is 0 Å². The lowest BCUT2D eigenvalue weighted by atomic mass is 10.2. The summed E-state index contributed by atoms with van der Waals surface area (Å²) < 4.78 is 27.7. The molecular weight excluding hydrogens is 752 g/mol. The fourth-order valence-electron chi connectivity index (χ4n) is 5.95. The largest absolute Gasteiger partial charge is 0.491 e. The van der Waals surface area contributed by atoms with Gasteiger partial charge in [0.05, 0.1) is 57.7 Å². The van der Waals surface area contributed by atoms with Crippen LogP contribution in [0.25, 0.3) is 10.2 Å². The number of unbranched alkanes of at least 4 members (excludes halogenated alkanes) is 2. The molecule has 56 heavy (non-hydrogen) atoms. The summed E-state index contributed by atoms with van der Waals surface area (Å²) in [6.45, 7) is 5.52. The number of aryl methyl sites for hydroxylation is 2. The van der Waals surface area contributed by atoms with Crippen molar-refractivity contribution in [1.82, 2.24) is 25.1 Å². The van der Waals surface area contributed by atoms with Crippen LogP contribution in [0.2, 0.25) is 0 Å². The number of nitrogens with zero attached hydrogens (tertiary/aromatic N) is 7. The van der Waals surface area contributed by atoms with Crippen molar-refractivity contribution in [3.8, 4) is 17.6 Å². The number of quaternary nitrogens is 1. The maximum Gasteiger partial charge on any atom is 0.357 e. The number of para-hydroxylation sites is 1. The number of carbonyl (C=O) groups excluding carboxylic acids is 1. The predicted octanol–water partition coefficient (Wildman–Crippen LogP) is 7.21. The number of halogens is 1. The number of ether oxygens (including phenoxy) is 2. The van der Waals surface area contributed by atoms with Gasteiger partial charge in [-0.25, -0.2) is 19.2 Å². The van der Waals surface area contributed by atoms with E-state index in [9.17, 15) is 14.3 Å². The van der Waals surface area contributed by atoms with Gasteiger partial charge in [0.1, 0.15) is 0 Å². The third kappa shape index (κ3) is 12.1. The smallest absolute Gasteiger partial charge is 0.357 e. The number of hydrogen-bond acceptors (Lipinski definition) is 13. The van der Waals surface area contributed by atoms with Gasteiger partial charge in [-0.1, -0.05) is 35.3 Å². The summed E-state index contributed by atoms with van der Waals surface area (Å²) in [6, 6.07) is 14.7. The van der Waals surface area contributed by atoms with E-state index in [-0.39, 0.29) is 24.7 Å². The summed E-state index contributed by atoms with van der Waals surface area (Å²) in [4.78, 5) is 27.2. The predicted molar refractivity (Wildman–Crippen MR) is 223 cm³/mol. The Balaban J connectivity index is 1.31. The van der Waals surface area contributed by atoms with Crippen LogP contribution in [0.1, 0.15) is 58.6 Å². The molecule has 12 nitrogen and oxygen atoms in total. The topological polar surface area (TPSA) is 126 Å². The minimum atomic E-state index is -0.527. The van der Waals surface area contributed by atoms with E-state index in [1.54, 1.807) is 23.5 Å². The number of thiazole rings is 2. The number of rotatable bonds is 20. The number of methoxy groups -OCH3 is 1. The molecule has 15 heteroatoms. The zero-order valence-corrected chi connectivity index (χ0v) is 34.7. The molecule has 298 valence electrons. The number of aromatic nitrogens is 4. The highest BCUT2D eigenvalue weighted by Crippen LogP contribution is 2.34. The van der Waals surface area contributed by atoms with E-state index < -0.39 is 11.8 Å². The van der Waals surface area contributed by atoms with Gasteiger partial charge in [-0.3, -0.25) is 4.90 Å². The van der Waals surface area contributed by atoms with E-state index in [4.69, 9.17) is 14.5 Å². The molecule has 5 aromatic rings. The molecule has 0 aliphatic heterocycles. The number of aliphatic hydroxyl groups is 1. The number of carbonyl (C=O) groups is 1. The Labute approximate surface area is 336 Å². The van der Waals surface area contributed by atoms with Crippen LogP contribution in [-0.4, -0.2) is 115 Å². The SMILES string of the molecule is COC(=O)c1nc(N(CCCCC[N+](C)(C)CCCO)c2cc(C)c(Nc3nc4ccccc4s3)nn2)sc1CCCOc1ccc(C#CCN(C)C)cc1F. The third-order valence-electron chi connectivity index (χ3n) is 9.00. The highest BCUT2D eigenvalue weighted by Gasteiger charge is 2.24. The molecule has 0 amide bonds. The first-order chi connectivity index (χ1) is 27.0. The van der Waals surface area contributed by atoms with Crippen LogP contribution >= 0.6 is 22.7 Å². The molecule has 2 aromatic carbocycles. The van der Waals surface area contributed by atoms with Crippen molar-refractivity contribution in [2.24, 2.45) is 0 Å². The molecule has 0 saturated carbocycles. The quantitative estimate of drug-likeness (QED) is 0.0359. The zero-order chi connectivity index (χ0) is 40.1. The van der Waals surface area contributed by atoms with Crippen molar-refractivity contribution < 1.29 is 28.2 Å². The van der Waals surface area contributed by atoms with Gasteiger partial charge in [-0.2, -0.15) is 0 Å². The highest BCUT2D eigenvalue weighted by atomic mass is 32.1. The van der Waals surface area contributed by atoms with Crippen molar-refractivity contribution in [1.29, 1.82) is 0 Å². The normalized spacial score (nSPS) is 11.4. The Morgan fingerprint density at radius 1 is 1.00 bits per heavy atom. The Kier molecular flexibility index (Phi) is 15.5. The minimum Gasteiger partial charge on any atom is -0.491 e. The van der Waals surface area contributed by atoms with Crippen molar-refractivity contribution in [2.75, 3.05) is 84.9 Å². The summed E-state index contributed by atoms with van der Waals surface area (Å²) in [5.41, 5.74) is 2.62. The van der Waals surface area contributed by atoms with Gasteiger partial charge in [0, 0.05) is 30.0 Å². The molecule has 0 aliphatic rings. The van der Waals surface area contributed by atoms with E-state index in [1.807, 2.05) is 61.2 Å². The Bertz CT molecular complexity index is 2090. The van der Waals surface area contributed by atoms with Crippen LogP contribution in [0.15, 0.2) is 48.5 Å². The van der Waals surface area contributed by atoms with Gasteiger partial charge in [0.15, 0.2) is 39.2 Å². The molecule has 0 atom stereocenters. The van der Waals surface area contributed by atoms with Crippen LogP contribution in [0.3, 0.4) is 0 Å². The van der Waals surface area contributed by atoms with E-state index >= 15 is 0 Å². The molecule has 0 spiro atoms. The number of hydrogen-bond donors (Lipinski definition) is 2. The highest BCUT2D eigenvalue weighted by molar-refractivity contribution is 7.22. The number of esters is 1. The molecule has 0 radical (unpaired) electrons. The number of fused-ring (bicyclic) bond motifs is 1. The minimum absolute atomic E-state index is 0.151. The number of benzene rings is 2. The molecule has 2 N–H and O–H groups in total. The lowest BCUT2D eigenvalue weighted by molar-refractivity contribution is -0.890. The molecular formula is C41H52FN8O4S2+. The van der Waals surface area contributed by atoms with Gasteiger partial charge >= 0.3 is 5.97 Å². The number of anilines is 4. The van der Waals surface area contributed by atoms with Crippen LogP contribution < -0.4 is 15.0 Å². The maximum atomic E-state index is 14.8. The molecule has 5 rings (SSSR count). The van der Waals surface area contributed by atoms with Crippen molar-refractivity contribution in [3.05, 3.63) is 76.0 Å². The number of nitrogens with one attached hydrogen (secondary N) is 1. The van der Waals surface area contributed by atoms with Crippen molar-refractivity contribution in [2.45, 2.75) is 45.4 Å². The first-order valence-corrected chi connectivity index (χ1v) is 20.4. The summed E-state index contributed by atoms with van der Waals surface area (Å²) in [6.07, 6.45) is 4.62. The van der Waals surface area contributed by atoms with E-state index in [0.29, 0.717) is 48.3 Å². The molecule has 0 bridgehead atoms. The summed E-state index contributed by atoms with van der Waals surface area (Å²) in [5, 5.41) is 23.2.